The average Bonchev–Trinajstić information content (AvgIpc) is 3.34. The first-order valence-electron chi connectivity index (χ1n) is 8.70. The van der Waals surface area contributed by atoms with E-state index in [1.54, 1.807) is 12.3 Å². The number of nitrogens with one attached hydrogen (secondary N) is 2. The molecular weight excluding hydrogens is 484 g/mol. The van der Waals surface area contributed by atoms with Crippen molar-refractivity contribution in [2.45, 2.75) is 29.1 Å². The summed E-state index contributed by atoms with van der Waals surface area (Å²) in [6, 6.07) is -0.812. The fourth-order valence-corrected chi connectivity index (χ4v) is 7.11. The second-order valence-corrected chi connectivity index (χ2v) is 10.8. The third-order valence-electron chi connectivity index (χ3n) is 4.25. The van der Waals surface area contributed by atoms with E-state index in [1.165, 1.54) is 51.1 Å². The van der Waals surface area contributed by atoms with E-state index in [0.29, 0.717) is 32.2 Å². The number of anilines is 1. The molecule has 15 heteroatoms. The van der Waals surface area contributed by atoms with Crippen LogP contribution in [0.2, 0.25) is 0 Å². The molecule has 162 valence electrons. The molecule has 4 rings (SSSR count). The molecule has 2 atom stereocenters. The highest BCUT2D eigenvalue weighted by atomic mass is 32.2. The van der Waals surface area contributed by atoms with Gasteiger partial charge in [0.15, 0.2) is 9.47 Å². The van der Waals surface area contributed by atoms with Crippen molar-refractivity contribution in [3.63, 3.8) is 0 Å². The summed E-state index contributed by atoms with van der Waals surface area (Å²) < 4.78 is 0.606. The molecule has 11 nitrogen and oxygen atoms in total. The lowest BCUT2D eigenvalue weighted by molar-refractivity contribution is -0.150. The van der Waals surface area contributed by atoms with Crippen LogP contribution in [0.25, 0.3) is 0 Å². The van der Waals surface area contributed by atoms with Crippen LogP contribution in [0, 0.1) is 6.92 Å². The molecule has 2 aliphatic heterocycles. The standard InChI is InChI=1S/C16H14N6O5S4/c1-6-20-21-16(30-6)31-8-4-28-13-10(12(25)22(13)11(8)14(26)27)19-9(24)2-7-3-29-15(18-7)17-5-23/h3,5,10,13H,2,4H2,1H3,(H,19,24)(H,26,27)(H,17,18,23)/t10-,13-/m1/s1. The fourth-order valence-electron chi connectivity index (χ4n) is 2.99. The maximum atomic E-state index is 12.7. The van der Waals surface area contributed by atoms with Crippen molar-refractivity contribution in [1.29, 1.82) is 0 Å². The number of carbonyl (C=O) groups excluding carboxylic acids is 3. The van der Waals surface area contributed by atoms with E-state index in [9.17, 15) is 24.3 Å². The predicted molar refractivity (Wildman–Crippen MR) is 116 cm³/mol. The number of thiazole rings is 1. The minimum Gasteiger partial charge on any atom is -0.477 e. The quantitative estimate of drug-likeness (QED) is 0.353. The van der Waals surface area contributed by atoms with Crippen LogP contribution < -0.4 is 10.6 Å². The molecule has 3 N–H and O–H groups in total. The number of amides is 3. The van der Waals surface area contributed by atoms with Crippen LogP contribution in [0.4, 0.5) is 5.13 Å². The number of carbonyl (C=O) groups is 4. The van der Waals surface area contributed by atoms with Crippen LogP contribution in [0.3, 0.4) is 0 Å². The number of fused-ring (bicyclic) bond motifs is 1. The summed E-state index contributed by atoms with van der Waals surface area (Å²) in [5.74, 6) is -1.72. The minimum atomic E-state index is -1.20. The lowest BCUT2D eigenvalue weighted by Gasteiger charge is -2.49. The molecule has 1 fully saturated rings. The third-order valence-corrected chi connectivity index (χ3v) is 8.50. The van der Waals surface area contributed by atoms with Crippen molar-refractivity contribution in [1.82, 2.24) is 25.4 Å². The highest BCUT2D eigenvalue weighted by Crippen LogP contribution is 2.45. The van der Waals surface area contributed by atoms with Crippen molar-refractivity contribution < 1.29 is 24.3 Å². The van der Waals surface area contributed by atoms with E-state index in [-0.39, 0.29) is 12.1 Å². The number of aryl methyl sites for hydroxylation is 1. The summed E-state index contributed by atoms with van der Waals surface area (Å²) >= 11 is 5.10. The summed E-state index contributed by atoms with van der Waals surface area (Å²) in [4.78, 5) is 53.2. The number of carboxylic acids is 1. The first-order chi connectivity index (χ1) is 14.9. The van der Waals surface area contributed by atoms with Gasteiger partial charge in [-0.05, 0) is 6.92 Å². The van der Waals surface area contributed by atoms with Gasteiger partial charge in [0.25, 0.3) is 5.91 Å². The van der Waals surface area contributed by atoms with E-state index >= 15 is 0 Å². The molecule has 0 aliphatic carbocycles. The number of rotatable bonds is 8. The Labute approximate surface area is 191 Å². The smallest absolute Gasteiger partial charge is 0.353 e. The Bertz CT molecular complexity index is 1100. The molecule has 3 amide bonds. The topological polar surface area (TPSA) is 154 Å². The molecule has 4 heterocycles. The van der Waals surface area contributed by atoms with Crippen molar-refractivity contribution in [3.05, 3.63) is 26.7 Å². The highest BCUT2D eigenvalue weighted by molar-refractivity contribution is 8.07. The van der Waals surface area contributed by atoms with E-state index in [0.717, 1.165) is 5.01 Å². The Morgan fingerprint density at radius 1 is 1.42 bits per heavy atom. The molecule has 0 bridgehead atoms. The largest absolute Gasteiger partial charge is 0.477 e. The number of hydrogen-bond donors (Lipinski definition) is 3. The molecular formula is C16H14N6O5S4. The normalized spacial score (nSPS) is 20.2. The molecule has 2 aromatic heterocycles. The Kier molecular flexibility index (Phi) is 6.27. The van der Waals surface area contributed by atoms with Gasteiger partial charge in [0.05, 0.1) is 12.1 Å². The molecule has 31 heavy (non-hydrogen) atoms. The molecule has 1 saturated heterocycles. The van der Waals surface area contributed by atoms with Gasteiger partial charge in [0.1, 0.15) is 22.1 Å². The van der Waals surface area contributed by atoms with Crippen LogP contribution in [0.5, 0.6) is 0 Å². The second-order valence-electron chi connectivity index (χ2n) is 6.30. The van der Waals surface area contributed by atoms with Gasteiger partial charge < -0.3 is 15.7 Å². The first-order valence-corrected chi connectivity index (χ1v) is 12.3. The Morgan fingerprint density at radius 3 is 2.90 bits per heavy atom. The maximum Gasteiger partial charge on any atom is 0.353 e. The number of β-lactam (4-membered cyclic amide) rings is 1. The Balaban J connectivity index is 1.43. The van der Waals surface area contributed by atoms with E-state index in [1.807, 2.05) is 0 Å². The zero-order valence-corrected chi connectivity index (χ0v) is 19.0. The van der Waals surface area contributed by atoms with Gasteiger partial charge in [0, 0.05) is 16.0 Å². The van der Waals surface area contributed by atoms with Gasteiger partial charge in [0.2, 0.25) is 12.3 Å². The number of aromatic nitrogens is 3. The van der Waals surface area contributed by atoms with Gasteiger partial charge in [-0.15, -0.1) is 33.3 Å². The number of carboxylic acid groups (broad SMARTS) is 1. The van der Waals surface area contributed by atoms with Gasteiger partial charge >= 0.3 is 5.97 Å². The first kappa shape index (κ1) is 21.7. The maximum absolute atomic E-state index is 12.7. The lowest BCUT2D eigenvalue weighted by Crippen LogP contribution is -2.70. The number of aliphatic carboxylic acids is 1. The Morgan fingerprint density at radius 2 is 2.23 bits per heavy atom. The van der Waals surface area contributed by atoms with Gasteiger partial charge in [-0.25, -0.2) is 9.78 Å². The predicted octanol–water partition coefficient (Wildman–Crippen LogP) is 0.902. The molecule has 0 radical (unpaired) electrons. The van der Waals surface area contributed by atoms with Crippen LogP contribution >= 0.6 is 46.2 Å². The van der Waals surface area contributed by atoms with E-state index < -0.39 is 29.2 Å². The molecule has 2 aromatic rings. The van der Waals surface area contributed by atoms with E-state index in [2.05, 4.69) is 25.8 Å². The SMILES string of the molecule is Cc1nnc(SC2=C(C(=O)O)N3C(=O)[C@@H](NC(=O)Cc4csc(NC=O)n4)[C@H]3SC2)s1. The van der Waals surface area contributed by atoms with Gasteiger partial charge in [-0.3, -0.25) is 19.3 Å². The molecule has 0 unspecified atom stereocenters. The van der Waals surface area contributed by atoms with Crippen LogP contribution in [0.15, 0.2) is 20.3 Å². The summed E-state index contributed by atoms with van der Waals surface area (Å²) in [5.41, 5.74) is 0.380. The van der Waals surface area contributed by atoms with Crippen molar-refractivity contribution in [2.24, 2.45) is 0 Å². The zero-order chi connectivity index (χ0) is 22.1. The summed E-state index contributed by atoms with van der Waals surface area (Å²) in [6.45, 7) is 1.80. The highest BCUT2D eigenvalue weighted by Gasteiger charge is 2.54. The van der Waals surface area contributed by atoms with Crippen molar-refractivity contribution in [2.75, 3.05) is 11.1 Å². The fraction of sp³-hybridized carbons (Fsp3) is 0.312. The van der Waals surface area contributed by atoms with Crippen molar-refractivity contribution >= 4 is 75.5 Å². The summed E-state index contributed by atoms with van der Waals surface area (Å²) in [6.07, 6.45) is 0.439. The Hall–Kier alpha value is -2.49. The van der Waals surface area contributed by atoms with E-state index in [4.69, 9.17) is 0 Å². The monoisotopic (exact) mass is 498 g/mol. The van der Waals surface area contributed by atoms with Crippen LogP contribution in [-0.2, 0) is 25.6 Å². The molecule has 2 aliphatic rings. The van der Waals surface area contributed by atoms with Gasteiger partial charge in [-0.1, -0.05) is 23.1 Å². The molecule has 0 spiro atoms. The average molecular weight is 499 g/mol. The van der Waals surface area contributed by atoms with Crippen molar-refractivity contribution in [3.8, 4) is 0 Å². The zero-order valence-electron chi connectivity index (χ0n) is 15.7. The number of hydrogen-bond acceptors (Lipinski definition) is 11. The van der Waals surface area contributed by atoms with Crippen LogP contribution in [-0.4, -0.2) is 66.6 Å². The molecule has 0 saturated carbocycles. The summed E-state index contributed by atoms with van der Waals surface area (Å²) in [5, 5.41) is 25.0. The number of nitrogens with zero attached hydrogens (tertiary/aromatic N) is 4. The lowest BCUT2D eigenvalue weighted by atomic mass is 10.0. The number of thioether (sulfide) groups is 2. The minimum absolute atomic E-state index is 0.0582. The van der Waals surface area contributed by atoms with Gasteiger partial charge in [-0.2, -0.15) is 0 Å². The second kappa shape index (κ2) is 8.94. The third kappa shape index (κ3) is 4.44. The molecule has 0 aromatic carbocycles. The summed E-state index contributed by atoms with van der Waals surface area (Å²) in [7, 11) is 0. The van der Waals surface area contributed by atoms with Crippen LogP contribution in [0.1, 0.15) is 10.7 Å².